The van der Waals surface area contributed by atoms with Gasteiger partial charge in [0.2, 0.25) is 5.91 Å². The van der Waals surface area contributed by atoms with Gasteiger partial charge in [-0.3, -0.25) is 4.79 Å². The van der Waals surface area contributed by atoms with Crippen molar-refractivity contribution in [3.8, 4) is 0 Å². The second kappa shape index (κ2) is 6.27. The van der Waals surface area contributed by atoms with E-state index in [4.69, 9.17) is 0 Å². The van der Waals surface area contributed by atoms with Gasteiger partial charge in [-0.2, -0.15) is 0 Å². The molecule has 1 aromatic rings. The number of benzene rings is 1. The summed E-state index contributed by atoms with van der Waals surface area (Å²) in [5.41, 5.74) is 0.844. The van der Waals surface area contributed by atoms with Crippen molar-refractivity contribution in [2.45, 2.75) is 44.6 Å². The van der Waals surface area contributed by atoms with Crippen molar-refractivity contribution in [2.75, 3.05) is 12.0 Å². The smallest absolute Gasteiger partial charge is 0.221 e. The van der Waals surface area contributed by atoms with Crippen LogP contribution in [0, 0.1) is 11.3 Å². The van der Waals surface area contributed by atoms with Crippen molar-refractivity contribution in [3.05, 3.63) is 35.9 Å². The lowest BCUT2D eigenvalue weighted by Crippen LogP contribution is -2.37. The number of nitrogens with one attached hydrogen (secondary N) is 1. The van der Waals surface area contributed by atoms with E-state index in [1.54, 1.807) is 0 Å². The quantitative estimate of drug-likeness (QED) is 0.833. The fourth-order valence-electron chi connectivity index (χ4n) is 3.58. The van der Waals surface area contributed by atoms with E-state index in [-0.39, 0.29) is 23.1 Å². The van der Waals surface area contributed by atoms with Gasteiger partial charge < -0.3 is 5.32 Å². The van der Waals surface area contributed by atoms with E-state index in [2.05, 4.69) is 17.4 Å². The molecule has 0 radical (unpaired) electrons. The van der Waals surface area contributed by atoms with Gasteiger partial charge in [0.1, 0.15) is 9.84 Å². The predicted octanol–water partition coefficient (Wildman–Crippen LogP) is 2.86. The predicted molar refractivity (Wildman–Crippen MR) is 90.7 cm³/mol. The molecule has 5 heteroatoms. The molecule has 0 aromatic heterocycles. The van der Waals surface area contributed by atoms with Gasteiger partial charge in [0, 0.05) is 12.7 Å². The lowest BCUT2D eigenvalue weighted by molar-refractivity contribution is -0.123. The minimum Gasteiger partial charge on any atom is -0.349 e. The Morgan fingerprint density at radius 2 is 1.91 bits per heavy atom. The van der Waals surface area contributed by atoms with Gasteiger partial charge in [0.25, 0.3) is 0 Å². The van der Waals surface area contributed by atoms with Gasteiger partial charge in [-0.15, -0.1) is 0 Å². The highest BCUT2D eigenvalue weighted by Gasteiger charge is 2.47. The summed E-state index contributed by atoms with van der Waals surface area (Å²) in [5.74, 6) is 0.630. The molecule has 1 atom stereocenters. The van der Waals surface area contributed by atoms with Crippen molar-refractivity contribution in [3.63, 3.8) is 0 Å². The van der Waals surface area contributed by atoms with E-state index >= 15 is 0 Å². The largest absolute Gasteiger partial charge is 0.349 e. The zero-order valence-corrected chi connectivity index (χ0v) is 14.4. The number of carbonyl (C=O) groups excluding carboxylic acids is 1. The summed E-state index contributed by atoms with van der Waals surface area (Å²) in [4.78, 5) is 12.5. The van der Waals surface area contributed by atoms with Gasteiger partial charge in [-0.25, -0.2) is 8.42 Å². The Morgan fingerprint density at radius 1 is 1.26 bits per heavy atom. The molecule has 0 bridgehead atoms. The van der Waals surface area contributed by atoms with Crippen molar-refractivity contribution in [2.24, 2.45) is 11.3 Å². The van der Waals surface area contributed by atoms with E-state index in [9.17, 15) is 13.2 Å². The summed E-state index contributed by atoms with van der Waals surface area (Å²) in [7, 11) is -3.04. The van der Waals surface area contributed by atoms with Crippen molar-refractivity contribution >= 4 is 15.7 Å². The van der Waals surface area contributed by atoms with Gasteiger partial charge in [0.05, 0.1) is 11.8 Å². The van der Waals surface area contributed by atoms with Crippen LogP contribution in [-0.2, 0) is 14.6 Å². The molecule has 2 saturated carbocycles. The van der Waals surface area contributed by atoms with E-state index < -0.39 is 9.84 Å². The van der Waals surface area contributed by atoms with Crippen molar-refractivity contribution in [1.29, 1.82) is 0 Å². The van der Waals surface area contributed by atoms with Crippen molar-refractivity contribution in [1.82, 2.24) is 5.32 Å². The third kappa shape index (κ3) is 4.34. The first-order chi connectivity index (χ1) is 10.9. The molecule has 1 N–H and O–H groups in total. The molecule has 0 saturated heterocycles. The lowest BCUT2D eigenvalue weighted by atomic mass is 9.77. The summed E-state index contributed by atoms with van der Waals surface area (Å²) in [6.07, 6.45) is 6.78. The monoisotopic (exact) mass is 335 g/mol. The maximum Gasteiger partial charge on any atom is 0.221 e. The number of sulfone groups is 1. The van der Waals surface area contributed by atoms with E-state index in [0.29, 0.717) is 12.3 Å². The van der Waals surface area contributed by atoms with Gasteiger partial charge in [-0.05, 0) is 42.6 Å². The van der Waals surface area contributed by atoms with E-state index in [1.165, 1.54) is 12.7 Å². The molecule has 1 amide bonds. The maximum absolute atomic E-state index is 12.5. The molecule has 2 aliphatic carbocycles. The molecular formula is C18H25NO3S. The third-order valence-corrected chi connectivity index (χ3v) is 6.29. The third-order valence-electron chi connectivity index (χ3n) is 5.16. The van der Waals surface area contributed by atoms with Crippen LogP contribution < -0.4 is 5.32 Å². The SMILES string of the molecule is CS(=O)(=O)CC1(CC(=O)NC(c2ccccc2)C2CCC2)CC1. The minimum absolute atomic E-state index is 0.00750. The summed E-state index contributed by atoms with van der Waals surface area (Å²) in [6, 6.07) is 10.2. The first kappa shape index (κ1) is 16.5. The summed E-state index contributed by atoms with van der Waals surface area (Å²) in [6.45, 7) is 0. The first-order valence-corrected chi connectivity index (χ1v) is 10.5. The molecule has 0 aliphatic heterocycles. The molecule has 4 nitrogen and oxygen atoms in total. The van der Waals surface area contributed by atoms with Gasteiger partial charge in [0.15, 0.2) is 0 Å². The van der Waals surface area contributed by atoms with Gasteiger partial charge >= 0.3 is 0 Å². The number of carbonyl (C=O) groups is 1. The van der Waals surface area contributed by atoms with Crippen LogP contribution in [0.4, 0.5) is 0 Å². The van der Waals surface area contributed by atoms with Crippen LogP contribution in [0.1, 0.15) is 50.1 Å². The molecule has 1 aromatic carbocycles. The zero-order valence-electron chi connectivity index (χ0n) is 13.6. The maximum atomic E-state index is 12.5. The Bertz CT molecular complexity index is 661. The van der Waals surface area contributed by atoms with Crippen LogP contribution in [0.25, 0.3) is 0 Å². The van der Waals surface area contributed by atoms with E-state index in [0.717, 1.165) is 31.2 Å². The second-order valence-corrected chi connectivity index (χ2v) is 9.53. The Kier molecular flexibility index (Phi) is 4.50. The molecule has 0 heterocycles. The highest BCUT2D eigenvalue weighted by atomic mass is 32.2. The normalized spacial score (nSPS) is 21.3. The first-order valence-electron chi connectivity index (χ1n) is 8.39. The molecule has 2 aliphatic rings. The van der Waals surface area contributed by atoms with Crippen LogP contribution in [0.2, 0.25) is 0 Å². The van der Waals surface area contributed by atoms with Crippen LogP contribution in [-0.4, -0.2) is 26.3 Å². The topological polar surface area (TPSA) is 63.2 Å². The Balaban J connectivity index is 1.65. The molecular weight excluding hydrogens is 310 g/mol. The molecule has 126 valence electrons. The minimum atomic E-state index is -3.04. The Hall–Kier alpha value is -1.36. The summed E-state index contributed by atoms with van der Waals surface area (Å²) >= 11 is 0. The number of amides is 1. The molecule has 0 spiro atoms. The van der Waals surface area contributed by atoms with Crippen LogP contribution >= 0.6 is 0 Å². The number of hydrogen-bond donors (Lipinski definition) is 1. The fourth-order valence-corrected chi connectivity index (χ4v) is 5.08. The zero-order chi connectivity index (χ0) is 16.5. The van der Waals surface area contributed by atoms with Crippen molar-refractivity contribution < 1.29 is 13.2 Å². The Morgan fingerprint density at radius 3 is 2.39 bits per heavy atom. The standard InChI is InChI=1S/C18H25NO3S/c1-23(21,22)13-18(10-11-18)12-16(20)19-17(15-8-5-9-15)14-6-3-2-4-7-14/h2-4,6-7,15,17H,5,8-13H2,1H3,(H,19,20). The van der Waals surface area contributed by atoms with Crippen LogP contribution in [0.5, 0.6) is 0 Å². The van der Waals surface area contributed by atoms with Gasteiger partial charge in [-0.1, -0.05) is 36.8 Å². The van der Waals surface area contributed by atoms with Crippen LogP contribution in [0.15, 0.2) is 30.3 Å². The van der Waals surface area contributed by atoms with E-state index in [1.807, 2.05) is 18.2 Å². The molecule has 3 rings (SSSR count). The fraction of sp³-hybridized carbons (Fsp3) is 0.611. The molecule has 2 fully saturated rings. The Labute approximate surface area is 138 Å². The molecule has 1 unspecified atom stereocenters. The lowest BCUT2D eigenvalue weighted by Gasteiger charge is -2.35. The summed E-state index contributed by atoms with van der Waals surface area (Å²) < 4.78 is 23.1. The summed E-state index contributed by atoms with van der Waals surface area (Å²) in [5, 5.41) is 3.18. The highest BCUT2D eigenvalue weighted by Crippen LogP contribution is 2.50. The highest BCUT2D eigenvalue weighted by molar-refractivity contribution is 7.90. The number of hydrogen-bond acceptors (Lipinski definition) is 3. The average molecular weight is 335 g/mol. The molecule has 23 heavy (non-hydrogen) atoms. The number of rotatable bonds is 7. The van der Waals surface area contributed by atoms with Crippen LogP contribution in [0.3, 0.4) is 0 Å². The second-order valence-electron chi connectivity index (χ2n) is 7.39. The average Bonchev–Trinajstić information content (AvgIpc) is 3.13.